The normalized spacial score (nSPS) is 10.9. The Balaban J connectivity index is 1.17. The van der Waals surface area contributed by atoms with Crippen molar-refractivity contribution < 1.29 is 18.9 Å². The number of anilines is 1. The van der Waals surface area contributed by atoms with Gasteiger partial charge in [-0.2, -0.15) is 5.10 Å². The van der Waals surface area contributed by atoms with Crippen molar-refractivity contribution in [1.29, 1.82) is 0 Å². The van der Waals surface area contributed by atoms with Gasteiger partial charge in [-0.3, -0.25) is 0 Å². The molecule has 0 N–H and O–H groups in total. The molecular formula is C35H37N3O4. The molecule has 0 aliphatic rings. The fraction of sp³-hybridized carbons (Fsp3) is 0.229. The van der Waals surface area contributed by atoms with Gasteiger partial charge in [-0.1, -0.05) is 60.7 Å². The Labute approximate surface area is 247 Å². The second kappa shape index (κ2) is 15.4. The summed E-state index contributed by atoms with van der Waals surface area (Å²) in [5.74, 6) is 1.65. The molecular weight excluding hydrogens is 526 g/mol. The lowest BCUT2D eigenvalue weighted by Crippen LogP contribution is -2.22. The molecule has 0 unspecified atom stereocenters. The molecule has 0 aliphatic heterocycles. The zero-order valence-electron chi connectivity index (χ0n) is 24.0. The second-order valence-electron chi connectivity index (χ2n) is 9.82. The highest BCUT2D eigenvalue weighted by Crippen LogP contribution is 2.26. The van der Waals surface area contributed by atoms with Crippen LogP contribution in [0.15, 0.2) is 122 Å². The summed E-state index contributed by atoms with van der Waals surface area (Å²) in [7, 11) is 1.69. The monoisotopic (exact) mass is 563 g/mol. The van der Waals surface area contributed by atoms with Crippen LogP contribution in [0.25, 0.3) is 5.69 Å². The van der Waals surface area contributed by atoms with Gasteiger partial charge in [0.1, 0.15) is 18.1 Å². The van der Waals surface area contributed by atoms with E-state index in [4.69, 9.17) is 18.9 Å². The number of rotatable bonds is 16. The first-order valence-corrected chi connectivity index (χ1v) is 14.2. The van der Waals surface area contributed by atoms with E-state index in [1.54, 1.807) is 13.3 Å². The molecule has 0 spiro atoms. The van der Waals surface area contributed by atoms with E-state index >= 15 is 0 Å². The Hall–Kier alpha value is -4.59. The highest BCUT2D eigenvalue weighted by atomic mass is 16.5. The van der Waals surface area contributed by atoms with E-state index < -0.39 is 0 Å². The van der Waals surface area contributed by atoms with Crippen LogP contribution in [0.2, 0.25) is 0 Å². The summed E-state index contributed by atoms with van der Waals surface area (Å²) in [4.78, 5) is 2.34. The van der Waals surface area contributed by atoms with Crippen LogP contribution >= 0.6 is 0 Å². The third kappa shape index (κ3) is 8.70. The minimum Gasteiger partial charge on any atom is -0.497 e. The van der Waals surface area contributed by atoms with E-state index in [1.807, 2.05) is 59.4 Å². The molecule has 5 rings (SSSR count). The third-order valence-corrected chi connectivity index (χ3v) is 6.75. The Morgan fingerprint density at radius 1 is 0.643 bits per heavy atom. The highest BCUT2D eigenvalue weighted by molar-refractivity contribution is 5.52. The van der Waals surface area contributed by atoms with Gasteiger partial charge in [0.15, 0.2) is 0 Å². The summed E-state index contributed by atoms with van der Waals surface area (Å²) in [6.07, 6.45) is 3.73. The molecule has 0 amide bonds. The van der Waals surface area contributed by atoms with Crippen molar-refractivity contribution in [2.45, 2.75) is 19.7 Å². The molecule has 1 aromatic heterocycles. The molecule has 1 heterocycles. The Morgan fingerprint density at radius 2 is 1.38 bits per heavy atom. The first-order chi connectivity index (χ1) is 20.8. The van der Waals surface area contributed by atoms with Crippen LogP contribution in [0.5, 0.6) is 11.5 Å². The molecule has 0 bridgehead atoms. The molecule has 0 saturated heterocycles. The van der Waals surface area contributed by atoms with Crippen LogP contribution in [0.3, 0.4) is 0 Å². The quantitative estimate of drug-likeness (QED) is 0.125. The van der Waals surface area contributed by atoms with Crippen LogP contribution in [0.1, 0.15) is 16.7 Å². The van der Waals surface area contributed by atoms with Gasteiger partial charge in [0.05, 0.1) is 39.2 Å². The van der Waals surface area contributed by atoms with Gasteiger partial charge in [0, 0.05) is 37.2 Å². The average molecular weight is 564 g/mol. The van der Waals surface area contributed by atoms with E-state index in [1.165, 1.54) is 5.56 Å². The molecule has 4 aromatic carbocycles. The maximum atomic E-state index is 6.04. The van der Waals surface area contributed by atoms with Crippen molar-refractivity contribution in [1.82, 2.24) is 9.78 Å². The summed E-state index contributed by atoms with van der Waals surface area (Å²) in [5, 5.41) is 4.33. The van der Waals surface area contributed by atoms with Gasteiger partial charge in [-0.05, 0) is 59.2 Å². The van der Waals surface area contributed by atoms with Crippen LogP contribution in [-0.4, -0.2) is 43.3 Å². The number of hydrogen-bond donors (Lipinski definition) is 0. The van der Waals surface area contributed by atoms with Crippen molar-refractivity contribution >= 4 is 5.69 Å². The molecule has 7 nitrogen and oxygen atoms in total. The van der Waals surface area contributed by atoms with Gasteiger partial charge in [0.2, 0.25) is 0 Å². The number of benzene rings is 4. The predicted octanol–water partition coefficient (Wildman–Crippen LogP) is 6.70. The maximum Gasteiger partial charge on any atom is 0.121 e. The zero-order valence-corrected chi connectivity index (χ0v) is 24.0. The highest BCUT2D eigenvalue weighted by Gasteiger charge is 2.11. The molecule has 0 fully saturated rings. The molecule has 5 aromatic rings. The molecule has 0 aliphatic carbocycles. The predicted molar refractivity (Wildman–Crippen MR) is 165 cm³/mol. The summed E-state index contributed by atoms with van der Waals surface area (Å²) < 4.78 is 24.8. The maximum absolute atomic E-state index is 6.04. The summed E-state index contributed by atoms with van der Waals surface area (Å²) in [6.45, 7) is 4.08. The Morgan fingerprint density at radius 3 is 2.19 bits per heavy atom. The molecule has 216 valence electrons. The van der Waals surface area contributed by atoms with Gasteiger partial charge >= 0.3 is 0 Å². The van der Waals surface area contributed by atoms with Crippen molar-refractivity contribution in [2.24, 2.45) is 0 Å². The van der Waals surface area contributed by atoms with E-state index in [9.17, 15) is 0 Å². The van der Waals surface area contributed by atoms with Crippen molar-refractivity contribution in [3.63, 3.8) is 0 Å². The van der Waals surface area contributed by atoms with Crippen LogP contribution < -0.4 is 14.4 Å². The van der Waals surface area contributed by atoms with E-state index in [2.05, 4.69) is 70.7 Å². The van der Waals surface area contributed by atoms with Crippen LogP contribution in [0.4, 0.5) is 5.69 Å². The van der Waals surface area contributed by atoms with Crippen LogP contribution in [-0.2, 0) is 29.2 Å². The number of methoxy groups -OCH3 is 1. The molecule has 7 heteroatoms. The number of hydrogen-bond acceptors (Lipinski definition) is 6. The third-order valence-electron chi connectivity index (χ3n) is 6.75. The van der Waals surface area contributed by atoms with Gasteiger partial charge in [-0.15, -0.1) is 0 Å². The minimum absolute atomic E-state index is 0.465. The largest absolute Gasteiger partial charge is 0.497 e. The lowest BCUT2D eigenvalue weighted by molar-refractivity contribution is 0.0303. The van der Waals surface area contributed by atoms with Crippen molar-refractivity contribution in [3.8, 4) is 17.2 Å². The van der Waals surface area contributed by atoms with E-state index in [0.717, 1.165) is 40.5 Å². The number of ether oxygens (including phenoxy) is 4. The fourth-order valence-corrected chi connectivity index (χ4v) is 4.60. The SMILES string of the molecule is COc1cccc(CN(Cc2ccc(-n3cccn3)cc2)c2cccc(OCCOCCOCc3ccccc3)c2)c1. The molecule has 0 radical (unpaired) electrons. The van der Waals surface area contributed by atoms with Crippen LogP contribution in [0, 0.1) is 0 Å². The van der Waals surface area contributed by atoms with Gasteiger partial charge in [0.25, 0.3) is 0 Å². The second-order valence-corrected chi connectivity index (χ2v) is 9.82. The lowest BCUT2D eigenvalue weighted by atomic mass is 10.1. The molecule has 0 atom stereocenters. The first-order valence-electron chi connectivity index (χ1n) is 14.2. The average Bonchev–Trinajstić information content (AvgIpc) is 3.58. The Bertz CT molecular complexity index is 1470. The standard InChI is InChI=1S/C35H37N3O4/c1-39-34-12-5-10-31(24-34)27-37(26-29-14-16-32(17-15-29)38-19-7-18-36-38)33-11-6-13-35(25-33)42-23-22-40-20-21-41-28-30-8-3-2-4-9-30/h2-19,24-25H,20-23,26-28H2,1H3. The summed E-state index contributed by atoms with van der Waals surface area (Å²) >= 11 is 0. The smallest absolute Gasteiger partial charge is 0.121 e. The minimum atomic E-state index is 0.465. The Kier molecular flexibility index (Phi) is 10.6. The van der Waals surface area contributed by atoms with Crippen molar-refractivity contribution in [2.75, 3.05) is 38.4 Å². The number of nitrogens with zero attached hydrogens (tertiary/aromatic N) is 3. The lowest BCUT2D eigenvalue weighted by Gasteiger charge is -2.26. The zero-order chi connectivity index (χ0) is 28.8. The summed E-state index contributed by atoms with van der Waals surface area (Å²) in [6, 6.07) is 37.0. The summed E-state index contributed by atoms with van der Waals surface area (Å²) in [5.41, 5.74) is 5.62. The topological polar surface area (TPSA) is 58.0 Å². The van der Waals surface area contributed by atoms with E-state index in [-0.39, 0.29) is 0 Å². The molecule has 0 saturated carbocycles. The van der Waals surface area contributed by atoms with E-state index in [0.29, 0.717) is 39.6 Å². The fourth-order valence-electron chi connectivity index (χ4n) is 4.60. The molecule has 42 heavy (non-hydrogen) atoms. The van der Waals surface area contributed by atoms with Gasteiger partial charge < -0.3 is 23.8 Å². The first kappa shape index (κ1) is 28.9. The number of aromatic nitrogens is 2. The van der Waals surface area contributed by atoms with Crippen molar-refractivity contribution in [3.05, 3.63) is 138 Å². The van der Waals surface area contributed by atoms with Gasteiger partial charge in [-0.25, -0.2) is 4.68 Å².